The van der Waals surface area contributed by atoms with Gasteiger partial charge in [0.15, 0.2) is 6.29 Å². The van der Waals surface area contributed by atoms with Crippen molar-refractivity contribution in [2.24, 2.45) is 0 Å². The predicted molar refractivity (Wildman–Crippen MR) is 41.9 cm³/mol. The van der Waals surface area contributed by atoms with Crippen LogP contribution in [-0.2, 0) is 0 Å². The Balaban J connectivity index is 0.000001000. The molecule has 0 amide bonds. The minimum Gasteiger partial charge on any atom is -0.508 e. The third-order valence-electron chi connectivity index (χ3n) is 1.14. The van der Waals surface area contributed by atoms with E-state index in [0.29, 0.717) is 6.29 Å². The molecule has 0 saturated heterocycles. The SMILES string of the molecule is C.O=Cc1cc(O)ccc1O. The summed E-state index contributed by atoms with van der Waals surface area (Å²) < 4.78 is 0. The Morgan fingerprint density at radius 3 is 2.36 bits per heavy atom. The molecule has 0 atom stereocenters. The first-order chi connectivity index (χ1) is 4.74. The van der Waals surface area contributed by atoms with Crippen molar-refractivity contribution in [1.82, 2.24) is 0 Å². The van der Waals surface area contributed by atoms with Crippen LogP contribution < -0.4 is 0 Å². The summed E-state index contributed by atoms with van der Waals surface area (Å²) in [5.74, 6) is -0.146. The first-order valence-corrected chi connectivity index (χ1v) is 2.71. The molecule has 60 valence electrons. The normalized spacial score (nSPS) is 8.36. The van der Waals surface area contributed by atoms with Gasteiger partial charge in [0.1, 0.15) is 11.5 Å². The van der Waals surface area contributed by atoms with Crippen molar-refractivity contribution in [3.63, 3.8) is 0 Å². The third-order valence-corrected chi connectivity index (χ3v) is 1.14. The summed E-state index contributed by atoms with van der Waals surface area (Å²) in [6, 6.07) is 3.77. The topological polar surface area (TPSA) is 57.5 Å². The van der Waals surface area contributed by atoms with Crippen LogP contribution in [0.25, 0.3) is 0 Å². The zero-order valence-corrected chi connectivity index (χ0v) is 5.11. The van der Waals surface area contributed by atoms with Gasteiger partial charge in [-0.1, -0.05) is 7.43 Å². The molecule has 2 N–H and O–H groups in total. The summed E-state index contributed by atoms with van der Waals surface area (Å²) in [6.07, 6.45) is 0.481. The summed E-state index contributed by atoms with van der Waals surface area (Å²) in [6.45, 7) is 0. The molecule has 0 fully saturated rings. The van der Waals surface area contributed by atoms with Gasteiger partial charge in [0.2, 0.25) is 0 Å². The predicted octanol–water partition coefficient (Wildman–Crippen LogP) is 1.55. The van der Waals surface area contributed by atoms with Crippen LogP contribution in [0.2, 0.25) is 0 Å². The summed E-state index contributed by atoms with van der Waals surface area (Å²) in [7, 11) is 0. The number of hydrogen-bond acceptors (Lipinski definition) is 3. The number of carbonyl (C=O) groups is 1. The molecule has 0 aliphatic carbocycles. The maximum absolute atomic E-state index is 10.1. The molecule has 3 heteroatoms. The Morgan fingerprint density at radius 1 is 1.27 bits per heavy atom. The number of rotatable bonds is 1. The smallest absolute Gasteiger partial charge is 0.153 e. The van der Waals surface area contributed by atoms with Gasteiger partial charge >= 0.3 is 0 Å². The lowest BCUT2D eigenvalue weighted by atomic mass is 10.2. The molecule has 0 aromatic heterocycles. The van der Waals surface area contributed by atoms with Crippen LogP contribution in [0.5, 0.6) is 11.5 Å². The molecule has 0 radical (unpaired) electrons. The van der Waals surface area contributed by atoms with Gasteiger partial charge in [0, 0.05) is 0 Å². The van der Waals surface area contributed by atoms with Crippen LogP contribution in [0, 0.1) is 0 Å². The Hall–Kier alpha value is -1.51. The standard InChI is InChI=1S/C7H6O3.CH4/c8-4-5-3-6(9)1-2-7(5)10;/h1-4,9-10H;1H4. The molecule has 1 aromatic rings. The van der Waals surface area contributed by atoms with E-state index in [1.165, 1.54) is 18.2 Å². The first kappa shape index (κ1) is 9.49. The average Bonchev–Trinajstić information content (AvgIpc) is 1.94. The fourth-order valence-corrected chi connectivity index (χ4v) is 0.636. The number of phenols is 2. The van der Waals surface area contributed by atoms with Gasteiger partial charge in [0.25, 0.3) is 0 Å². The van der Waals surface area contributed by atoms with Crippen molar-refractivity contribution in [1.29, 1.82) is 0 Å². The number of carbonyl (C=O) groups excluding carboxylic acids is 1. The van der Waals surface area contributed by atoms with Crippen LogP contribution in [0.4, 0.5) is 0 Å². The highest BCUT2D eigenvalue weighted by Gasteiger charge is 1.98. The molecule has 0 aliphatic rings. The largest absolute Gasteiger partial charge is 0.508 e. The number of aldehydes is 1. The Labute approximate surface area is 64.9 Å². The van der Waals surface area contributed by atoms with E-state index in [4.69, 9.17) is 10.2 Å². The van der Waals surface area contributed by atoms with E-state index >= 15 is 0 Å². The molecular formula is C8H10O3. The van der Waals surface area contributed by atoms with E-state index in [9.17, 15) is 4.79 Å². The molecule has 0 bridgehead atoms. The van der Waals surface area contributed by atoms with E-state index in [1.54, 1.807) is 0 Å². The molecule has 3 nitrogen and oxygen atoms in total. The quantitative estimate of drug-likeness (QED) is 0.476. The van der Waals surface area contributed by atoms with Gasteiger partial charge in [0.05, 0.1) is 5.56 Å². The Bertz CT molecular complexity index is 256. The Kier molecular flexibility index (Phi) is 3.11. The minimum atomic E-state index is -0.118. The molecule has 1 rings (SSSR count). The summed E-state index contributed by atoms with van der Waals surface area (Å²) >= 11 is 0. The fraction of sp³-hybridized carbons (Fsp3) is 0.125. The lowest BCUT2D eigenvalue weighted by Gasteiger charge is -1.95. The molecule has 11 heavy (non-hydrogen) atoms. The lowest BCUT2D eigenvalue weighted by molar-refractivity contribution is 0.112. The summed E-state index contributed by atoms with van der Waals surface area (Å²) in [4.78, 5) is 10.1. The van der Waals surface area contributed by atoms with Crippen molar-refractivity contribution in [2.75, 3.05) is 0 Å². The second-order valence-electron chi connectivity index (χ2n) is 1.86. The Morgan fingerprint density at radius 2 is 1.91 bits per heavy atom. The first-order valence-electron chi connectivity index (χ1n) is 2.71. The zero-order chi connectivity index (χ0) is 7.56. The molecule has 0 aliphatic heterocycles. The van der Waals surface area contributed by atoms with Crippen LogP contribution in [0.3, 0.4) is 0 Å². The van der Waals surface area contributed by atoms with Gasteiger partial charge in [-0.2, -0.15) is 0 Å². The second-order valence-corrected chi connectivity index (χ2v) is 1.86. The average molecular weight is 154 g/mol. The zero-order valence-electron chi connectivity index (χ0n) is 5.11. The van der Waals surface area contributed by atoms with Gasteiger partial charge in [-0.25, -0.2) is 0 Å². The fourth-order valence-electron chi connectivity index (χ4n) is 0.636. The van der Waals surface area contributed by atoms with E-state index in [0.717, 1.165) is 0 Å². The summed E-state index contributed by atoms with van der Waals surface area (Å²) in [5, 5.41) is 17.7. The van der Waals surface area contributed by atoms with E-state index < -0.39 is 0 Å². The van der Waals surface area contributed by atoms with Crippen molar-refractivity contribution in [3.8, 4) is 11.5 Å². The van der Waals surface area contributed by atoms with Crippen LogP contribution in [-0.4, -0.2) is 16.5 Å². The van der Waals surface area contributed by atoms with Crippen molar-refractivity contribution in [3.05, 3.63) is 23.8 Å². The number of aromatic hydroxyl groups is 2. The second kappa shape index (κ2) is 3.61. The molecule has 0 unspecified atom stereocenters. The maximum Gasteiger partial charge on any atom is 0.153 e. The lowest BCUT2D eigenvalue weighted by Crippen LogP contribution is -1.78. The molecule has 0 saturated carbocycles. The number of hydrogen-bond donors (Lipinski definition) is 2. The highest BCUT2D eigenvalue weighted by molar-refractivity contribution is 5.79. The van der Waals surface area contributed by atoms with Crippen LogP contribution in [0.15, 0.2) is 18.2 Å². The molecule has 1 aromatic carbocycles. The van der Waals surface area contributed by atoms with Gasteiger partial charge in [-0.3, -0.25) is 4.79 Å². The molecule has 0 heterocycles. The van der Waals surface area contributed by atoms with Crippen molar-refractivity contribution < 1.29 is 15.0 Å². The highest BCUT2D eigenvalue weighted by atomic mass is 16.3. The van der Waals surface area contributed by atoms with Crippen LogP contribution >= 0.6 is 0 Å². The van der Waals surface area contributed by atoms with Crippen LogP contribution in [0.1, 0.15) is 17.8 Å². The third kappa shape index (κ3) is 1.97. The summed E-state index contributed by atoms with van der Waals surface area (Å²) in [5.41, 5.74) is 0.0972. The molecular weight excluding hydrogens is 144 g/mol. The van der Waals surface area contributed by atoms with Crippen molar-refractivity contribution >= 4 is 6.29 Å². The van der Waals surface area contributed by atoms with Gasteiger partial charge in [-0.05, 0) is 18.2 Å². The minimum absolute atomic E-state index is 0. The van der Waals surface area contributed by atoms with E-state index in [2.05, 4.69) is 0 Å². The van der Waals surface area contributed by atoms with E-state index in [-0.39, 0.29) is 24.5 Å². The monoisotopic (exact) mass is 154 g/mol. The number of phenolic OH excluding ortho intramolecular Hbond substituents is 2. The molecule has 0 spiro atoms. The maximum atomic E-state index is 10.1. The van der Waals surface area contributed by atoms with Gasteiger partial charge < -0.3 is 10.2 Å². The highest BCUT2D eigenvalue weighted by Crippen LogP contribution is 2.19. The number of benzene rings is 1. The van der Waals surface area contributed by atoms with Crippen molar-refractivity contribution in [2.45, 2.75) is 7.43 Å². The van der Waals surface area contributed by atoms with Gasteiger partial charge in [-0.15, -0.1) is 0 Å². The van der Waals surface area contributed by atoms with E-state index in [1.807, 2.05) is 0 Å².